The van der Waals surface area contributed by atoms with Gasteiger partial charge in [0.05, 0.1) is 5.69 Å². The minimum absolute atomic E-state index is 0.153. The molecule has 0 bridgehead atoms. The van der Waals surface area contributed by atoms with Crippen LogP contribution in [0.1, 0.15) is 79.1 Å². The number of hydrogen-bond acceptors (Lipinski definition) is 4. The van der Waals surface area contributed by atoms with Crippen molar-refractivity contribution in [1.29, 1.82) is 0 Å². The molecule has 5 rings (SSSR count). The second-order valence-electron chi connectivity index (χ2n) is 11.0. The quantitative estimate of drug-likeness (QED) is 0.288. The summed E-state index contributed by atoms with van der Waals surface area (Å²) in [5.41, 5.74) is 7.48. The second kappa shape index (κ2) is 9.20. The number of amides is 1. The standard InChI is InChI=1S/C30H31ClN2O2S/c1-18-14-23-24(30(4,5)13-12-29(23,2)3)16-20(18)15-22-10-11-26(35-22)27(34)33-28-32-25(17-36-28)19-6-8-21(31)9-7-19/h6-11,14,16-17H,12-13,15H2,1-5H3,(H,32,33,34). The van der Waals surface area contributed by atoms with Gasteiger partial charge in [0, 0.05) is 22.4 Å². The molecule has 0 atom stereocenters. The maximum Gasteiger partial charge on any atom is 0.293 e. The predicted octanol–water partition coefficient (Wildman–Crippen LogP) is 8.56. The lowest BCUT2D eigenvalue weighted by Gasteiger charge is -2.42. The average Bonchev–Trinajstić information content (AvgIpc) is 3.48. The topological polar surface area (TPSA) is 55.1 Å². The van der Waals surface area contributed by atoms with Crippen molar-refractivity contribution in [1.82, 2.24) is 4.98 Å². The van der Waals surface area contributed by atoms with Crippen LogP contribution >= 0.6 is 22.9 Å². The van der Waals surface area contributed by atoms with Gasteiger partial charge in [-0.25, -0.2) is 4.98 Å². The summed E-state index contributed by atoms with van der Waals surface area (Å²) in [4.78, 5) is 17.4. The number of nitrogens with zero attached hydrogens (tertiary/aromatic N) is 1. The molecule has 0 spiro atoms. The first-order valence-corrected chi connectivity index (χ1v) is 13.5. The van der Waals surface area contributed by atoms with Crippen molar-refractivity contribution in [2.24, 2.45) is 0 Å². The molecule has 0 saturated heterocycles. The summed E-state index contributed by atoms with van der Waals surface area (Å²) >= 11 is 7.35. The number of fused-ring (bicyclic) bond motifs is 1. The van der Waals surface area contributed by atoms with Crippen molar-refractivity contribution in [2.75, 3.05) is 5.32 Å². The van der Waals surface area contributed by atoms with E-state index in [0.717, 1.165) is 17.0 Å². The van der Waals surface area contributed by atoms with Crippen molar-refractivity contribution in [3.8, 4) is 11.3 Å². The van der Waals surface area contributed by atoms with Gasteiger partial charge < -0.3 is 4.42 Å². The largest absolute Gasteiger partial charge is 0.456 e. The summed E-state index contributed by atoms with van der Waals surface area (Å²) in [6.45, 7) is 11.5. The highest BCUT2D eigenvalue weighted by Gasteiger charge is 2.37. The molecule has 2 aromatic carbocycles. The van der Waals surface area contributed by atoms with Gasteiger partial charge >= 0.3 is 0 Å². The fourth-order valence-electron chi connectivity index (χ4n) is 4.98. The summed E-state index contributed by atoms with van der Waals surface area (Å²) in [6.07, 6.45) is 3.03. The smallest absolute Gasteiger partial charge is 0.293 e. The van der Waals surface area contributed by atoms with Crippen molar-refractivity contribution < 1.29 is 9.21 Å². The second-order valence-corrected chi connectivity index (χ2v) is 12.3. The van der Waals surface area contributed by atoms with E-state index in [0.29, 0.717) is 16.6 Å². The molecule has 0 aliphatic heterocycles. The molecule has 36 heavy (non-hydrogen) atoms. The van der Waals surface area contributed by atoms with E-state index in [2.05, 4.69) is 57.1 Å². The van der Waals surface area contributed by atoms with Gasteiger partial charge in [-0.2, -0.15) is 0 Å². The zero-order valence-corrected chi connectivity index (χ0v) is 22.9. The molecule has 186 valence electrons. The van der Waals surface area contributed by atoms with Crippen LogP contribution in [0.5, 0.6) is 0 Å². The van der Waals surface area contributed by atoms with E-state index in [4.69, 9.17) is 16.0 Å². The summed E-state index contributed by atoms with van der Waals surface area (Å²) in [5.74, 6) is 0.755. The number of aryl methyl sites for hydroxylation is 1. The number of aromatic nitrogens is 1. The van der Waals surface area contributed by atoms with E-state index >= 15 is 0 Å². The van der Waals surface area contributed by atoms with Crippen LogP contribution in [0.3, 0.4) is 0 Å². The minimum Gasteiger partial charge on any atom is -0.456 e. The van der Waals surface area contributed by atoms with Crippen LogP contribution in [0.15, 0.2) is 58.3 Å². The van der Waals surface area contributed by atoms with Gasteiger partial charge in [0.15, 0.2) is 10.9 Å². The van der Waals surface area contributed by atoms with Crippen LogP contribution in [0.4, 0.5) is 5.13 Å². The van der Waals surface area contributed by atoms with E-state index in [1.54, 1.807) is 6.07 Å². The lowest BCUT2D eigenvalue weighted by molar-refractivity contribution is 0.0995. The molecule has 1 aliphatic rings. The minimum atomic E-state index is -0.302. The zero-order valence-electron chi connectivity index (χ0n) is 21.4. The molecule has 4 aromatic rings. The number of halogens is 1. The molecule has 0 radical (unpaired) electrons. The van der Waals surface area contributed by atoms with Gasteiger partial charge in [-0.05, 0) is 77.1 Å². The van der Waals surface area contributed by atoms with Crippen molar-refractivity contribution >= 4 is 34.0 Å². The van der Waals surface area contributed by atoms with Gasteiger partial charge in [-0.3, -0.25) is 10.1 Å². The van der Waals surface area contributed by atoms with E-state index < -0.39 is 0 Å². The number of anilines is 1. The van der Waals surface area contributed by atoms with Crippen molar-refractivity contribution in [2.45, 2.75) is 64.7 Å². The Labute approximate surface area is 221 Å². The maximum atomic E-state index is 12.8. The van der Waals surface area contributed by atoms with E-state index in [1.165, 1.54) is 46.4 Å². The average molecular weight is 519 g/mol. The number of furan rings is 1. The number of hydrogen-bond donors (Lipinski definition) is 1. The van der Waals surface area contributed by atoms with Gasteiger partial charge in [-0.15, -0.1) is 11.3 Å². The van der Waals surface area contributed by atoms with E-state index in [1.807, 2.05) is 35.7 Å². The van der Waals surface area contributed by atoms with Gasteiger partial charge in [0.25, 0.3) is 5.91 Å². The molecule has 0 fully saturated rings. The Bertz CT molecular complexity index is 1430. The summed E-state index contributed by atoms with van der Waals surface area (Å²) in [7, 11) is 0. The third-order valence-corrected chi connectivity index (χ3v) is 8.43. The van der Waals surface area contributed by atoms with Gasteiger partial charge in [0.2, 0.25) is 0 Å². The van der Waals surface area contributed by atoms with Crippen LogP contribution in [0, 0.1) is 6.92 Å². The first-order chi connectivity index (χ1) is 17.0. The fraction of sp³-hybridized carbons (Fsp3) is 0.333. The van der Waals surface area contributed by atoms with Crippen LogP contribution in [0.25, 0.3) is 11.3 Å². The number of rotatable bonds is 5. The number of carbonyl (C=O) groups is 1. The first kappa shape index (κ1) is 24.8. The highest BCUT2D eigenvalue weighted by molar-refractivity contribution is 7.14. The van der Waals surface area contributed by atoms with Crippen LogP contribution < -0.4 is 5.32 Å². The van der Waals surface area contributed by atoms with Crippen LogP contribution in [0.2, 0.25) is 5.02 Å². The lowest BCUT2D eigenvalue weighted by Crippen LogP contribution is -2.34. The summed E-state index contributed by atoms with van der Waals surface area (Å²) < 4.78 is 5.97. The lowest BCUT2D eigenvalue weighted by atomic mass is 9.62. The van der Waals surface area contributed by atoms with Gasteiger partial charge in [0.1, 0.15) is 5.76 Å². The summed E-state index contributed by atoms with van der Waals surface area (Å²) in [5, 5.41) is 5.97. The first-order valence-electron chi connectivity index (χ1n) is 12.3. The van der Waals surface area contributed by atoms with Crippen molar-refractivity contribution in [3.05, 3.63) is 92.7 Å². The molecule has 0 unspecified atom stereocenters. The Balaban J connectivity index is 1.32. The normalized spacial score (nSPS) is 15.9. The molecule has 2 heterocycles. The molecular formula is C30H31ClN2O2S. The Hall–Kier alpha value is -2.89. The van der Waals surface area contributed by atoms with E-state index in [-0.39, 0.29) is 22.5 Å². The fourth-order valence-corrected chi connectivity index (χ4v) is 5.82. The highest BCUT2D eigenvalue weighted by atomic mass is 35.5. The van der Waals surface area contributed by atoms with Crippen LogP contribution in [-0.4, -0.2) is 10.9 Å². The molecule has 4 nitrogen and oxygen atoms in total. The zero-order chi connectivity index (χ0) is 25.7. The van der Waals surface area contributed by atoms with Crippen LogP contribution in [-0.2, 0) is 17.3 Å². The maximum absolute atomic E-state index is 12.8. The molecular weight excluding hydrogens is 488 g/mol. The Morgan fingerprint density at radius 1 is 1.03 bits per heavy atom. The molecule has 6 heteroatoms. The third-order valence-electron chi connectivity index (χ3n) is 7.42. The Morgan fingerprint density at radius 2 is 1.69 bits per heavy atom. The third kappa shape index (κ3) is 4.87. The molecule has 1 aliphatic carbocycles. The Morgan fingerprint density at radius 3 is 2.39 bits per heavy atom. The Kier molecular flexibility index (Phi) is 6.34. The summed E-state index contributed by atoms with van der Waals surface area (Å²) in [6, 6.07) is 15.8. The molecule has 1 amide bonds. The van der Waals surface area contributed by atoms with E-state index in [9.17, 15) is 4.79 Å². The molecule has 2 aromatic heterocycles. The number of benzene rings is 2. The van der Waals surface area contributed by atoms with Gasteiger partial charge in [-0.1, -0.05) is 63.6 Å². The van der Waals surface area contributed by atoms with Crippen molar-refractivity contribution in [3.63, 3.8) is 0 Å². The highest BCUT2D eigenvalue weighted by Crippen LogP contribution is 2.46. The predicted molar refractivity (Wildman–Crippen MR) is 148 cm³/mol. The molecule has 0 saturated carbocycles. The monoisotopic (exact) mass is 518 g/mol. The number of thiazole rings is 1. The SMILES string of the molecule is Cc1cc2c(cc1Cc1ccc(C(=O)Nc3nc(-c4ccc(Cl)cc4)cs3)o1)C(C)(C)CCC2(C)C. The number of nitrogens with one attached hydrogen (secondary N) is 1. The number of carbonyl (C=O) groups excluding carboxylic acids is 1. The molecule has 1 N–H and O–H groups in total.